The van der Waals surface area contributed by atoms with Crippen LogP contribution in [0.4, 0.5) is 5.69 Å². The molecule has 180 valence electrons. The molecule has 1 aliphatic heterocycles. The van der Waals surface area contributed by atoms with E-state index in [9.17, 15) is 0 Å². The molecule has 2 atom stereocenters. The van der Waals surface area contributed by atoms with Crippen molar-refractivity contribution < 1.29 is 0 Å². The van der Waals surface area contributed by atoms with Gasteiger partial charge in [0.25, 0.3) is 0 Å². The lowest BCUT2D eigenvalue weighted by Crippen LogP contribution is -2.24. The van der Waals surface area contributed by atoms with Crippen molar-refractivity contribution in [2.75, 3.05) is 5.32 Å². The Morgan fingerprint density at radius 1 is 0.579 bits per heavy atom. The minimum absolute atomic E-state index is 0.244. The van der Waals surface area contributed by atoms with Gasteiger partial charge in [-0.3, -0.25) is 0 Å². The highest BCUT2D eigenvalue weighted by Crippen LogP contribution is 2.48. The maximum absolute atomic E-state index is 3.77. The summed E-state index contributed by atoms with van der Waals surface area (Å²) in [7, 11) is 0. The molecule has 5 aromatic carbocycles. The molecule has 0 radical (unpaired) electrons. The number of anilines is 1. The molecule has 0 fully saturated rings. The number of nitrogens with one attached hydrogen (secondary N) is 1. The first-order valence-electron chi connectivity index (χ1n) is 13.3. The van der Waals surface area contributed by atoms with Gasteiger partial charge in [-0.1, -0.05) is 109 Å². The van der Waals surface area contributed by atoms with E-state index in [2.05, 4.69) is 149 Å². The second kappa shape index (κ2) is 8.36. The third-order valence-corrected chi connectivity index (χ3v) is 8.08. The first-order chi connectivity index (χ1) is 18.8. The molecule has 8 rings (SSSR count). The van der Waals surface area contributed by atoms with Crippen LogP contribution in [0.1, 0.15) is 22.7 Å². The maximum atomic E-state index is 3.77. The van der Waals surface area contributed by atoms with E-state index in [1.165, 1.54) is 61.4 Å². The van der Waals surface area contributed by atoms with Gasteiger partial charge in [0.1, 0.15) is 0 Å². The lowest BCUT2D eigenvalue weighted by Gasteiger charge is -2.25. The van der Waals surface area contributed by atoms with E-state index in [0.717, 1.165) is 0 Å². The normalized spacial score (nSPS) is 17.1. The van der Waals surface area contributed by atoms with Crippen molar-refractivity contribution in [2.45, 2.75) is 12.0 Å². The molecule has 6 aromatic rings. The van der Waals surface area contributed by atoms with Crippen LogP contribution >= 0.6 is 0 Å². The van der Waals surface area contributed by atoms with Gasteiger partial charge < -0.3 is 9.88 Å². The van der Waals surface area contributed by atoms with Crippen LogP contribution in [0.5, 0.6) is 0 Å². The first-order valence-corrected chi connectivity index (χ1v) is 13.3. The molecule has 0 spiro atoms. The predicted molar refractivity (Wildman–Crippen MR) is 159 cm³/mol. The summed E-state index contributed by atoms with van der Waals surface area (Å²) in [4.78, 5) is 0. The number of rotatable bonds is 3. The first kappa shape index (κ1) is 21.3. The minimum atomic E-state index is 0.244. The fourth-order valence-corrected chi connectivity index (χ4v) is 6.41. The number of aromatic nitrogens is 1. The van der Waals surface area contributed by atoms with Crippen LogP contribution in [0.2, 0.25) is 0 Å². The van der Waals surface area contributed by atoms with Crippen molar-refractivity contribution in [1.82, 2.24) is 4.57 Å². The number of fused-ring (bicyclic) bond motifs is 7. The van der Waals surface area contributed by atoms with Gasteiger partial charge in [-0.2, -0.15) is 0 Å². The lowest BCUT2D eigenvalue weighted by atomic mass is 9.85. The van der Waals surface area contributed by atoms with E-state index in [0.29, 0.717) is 0 Å². The zero-order chi connectivity index (χ0) is 25.1. The molecular weight excluding hydrogens is 460 g/mol. The Morgan fingerprint density at radius 3 is 1.95 bits per heavy atom. The van der Waals surface area contributed by atoms with Gasteiger partial charge in [0, 0.05) is 28.0 Å². The van der Waals surface area contributed by atoms with Crippen LogP contribution in [0.3, 0.4) is 0 Å². The molecule has 2 aliphatic rings. The molecule has 0 saturated heterocycles. The molecule has 0 saturated carbocycles. The number of benzene rings is 5. The topological polar surface area (TPSA) is 17.0 Å². The maximum Gasteiger partial charge on any atom is 0.0572 e. The predicted octanol–water partition coefficient (Wildman–Crippen LogP) is 8.92. The van der Waals surface area contributed by atoms with Crippen LogP contribution in [0, 0.1) is 0 Å². The summed E-state index contributed by atoms with van der Waals surface area (Å²) in [6, 6.07) is 46.3. The fraction of sp³-hybridized carbons (Fsp3) is 0.0556. The van der Waals surface area contributed by atoms with Crippen LogP contribution in [-0.4, -0.2) is 10.6 Å². The molecule has 1 aliphatic carbocycles. The monoisotopic (exact) mass is 486 g/mol. The number of para-hydroxylation sites is 2. The summed E-state index contributed by atoms with van der Waals surface area (Å²) in [6.45, 7) is 0. The lowest BCUT2D eigenvalue weighted by molar-refractivity contribution is 0.734. The van der Waals surface area contributed by atoms with Gasteiger partial charge in [-0.05, 0) is 58.1 Å². The summed E-state index contributed by atoms with van der Waals surface area (Å²) < 4.78 is 2.52. The van der Waals surface area contributed by atoms with Crippen LogP contribution in [-0.2, 0) is 0 Å². The molecule has 2 heteroatoms. The van der Waals surface area contributed by atoms with Crippen molar-refractivity contribution in [3.63, 3.8) is 0 Å². The van der Waals surface area contributed by atoms with E-state index in [1.54, 1.807) is 0 Å². The van der Waals surface area contributed by atoms with Gasteiger partial charge in [0.05, 0.1) is 17.5 Å². The zero-order valence-electron chi connectivity index (χ0n) is 20.9. The second-order valence-electron chi connectivity index (χ2n) is 10.2. The number of hydrogen-bond acceptors (Lipinski definition) is 1. The van der Waals surface area contributed by atoms with E-state index in [-0.39, 0.29) is 12.0 Å². The van der Waals surface area contributed by atoms with Gasteiger partial charge in [0.15, 0.2) is 0 Å². The third-order valence-electron chi connectivity index (χ3n) is 8.08. The molecule has 1 aromatic heterocycles. The Labute approximate surface area is 222 Å². The highest BCUT2D eigenvalue weighted by atomic mass is 15.0. The number of hydrogen-bond donors (Lipinski definition) is 1. The molecule has 0 bridgehead atoms. The van der Waals surface area contributed by atoms with Crippen molar-refractivity contribution in [3.8, 4) is 27.9 Å². The Kier molecular flexibility index (Phi) is 4.68. The van der Waals surface area contributed by atoms with Crippen molar-refractivity contribution >= 4 is 22.7 Å². The fourth-order valence-electron chi connectivity index (χ4n) is 6.41. The Morgan fingerprint density at radius 2 is 1.21 bits per heavy atom. The third kappa shape index (κ3) is 3.20. The molecule has 2 heterocycles. The average Bonchev–Trinajstić information content (AvgIpc) is 3.53. The van der Waals surface area contributed by atoms with Crippen LogP contribution in [0.25, 0.3) is 44.9 Å². The van der Waals surface area contributed by atoms with Crippen LogP contribution < -0.4 is 5.32 Å². The van der Waals surface area contributed by atoms with Crippen molar-refractivity contribution in [1.29, 1.82) is 0 Å². The van der Waals surface area contributed by atoms with Crippen molar-refractivity contribution in [3.05, 3.63) is 150 Å². The van der Waals surface area contributed by atoms with Gasteiger partial charge in [-0.15, -0.1) is 0 Å². The summed E-state index contributed by atoms with van der Waals surface area (Å²) >= 11 is 0. The minimum Gasteiger partial charge on any atom is -0.378 e. The molecule has 38 heavy (non-hydrogen) atoms. The molecule has 0 amide bonds. The quantitative estimate of drug-likeness (QED) is 0.264. The number of nitrogens with zero attached hydrogens (tertiary/aromatic N) is 1. The molecule has 1 N–H and O–H groups in total. The largest absolute Gasteiger partial charge is 0.378 e. The Bertz CT molecular complexity index is 1790. The molecular formula is C36H26N2. The summed E-state index contributed by atoms with van der Waals surface area (Å²) in [5.41, 5.74) is 12.6. The van der Waals surface area contributed by atoms with E-state index < -0.39 is 0 Å². The molecule has 2 nitrogen and oxygen atoms in total. The van der Waals surface area contributed by atoms with E-state index in [4.69, 9.17) is 0 Å². The Hall–Kier alpha value is -4.82. The zero-order valence-corrected chi connectivity index (χ0v) is 20.9. The van der Waals surface area contributed by atoms with Crippen LogP contribution in [0.15, 0.2) is 133 Å². The second-order valence-corrected chi connectivity index (χ2v) is 10.2. The van der Waals surface area contributed by atoms with E-state index in [1.807, 2.05) is 0 Å². The highest BCUT2D eigenvalue weighted by Gasteiger charge is 2.38. The van der Waals surface area contributed by atoms with Crippen molar-refractivity contribution in [2.24, 2.45) is 0 Å². The summed E-state index contributed by atoms with van der Waals surface area (Å²) in [5, 5.41) is 5.07. The smallest absolute Gasteiger partial charge is 0.0572 e. The van der Waals surface area contributed by atoms with Gasteiger partial charge in [-0.25, -0.2) is 0 Å². The Balaban J connectivity index is 1.45. The average molecular weight is 487 g/mol. The highest BCUT2D eigenvalue weighted by molar-refractivity contribution is 5.95. The van der Waals surface area contributed by atoms with Gasteiger partial charge in [0.2, 0.25) is 0 Å². The van der Waals surface area contributed by atoms with Gasteiger partial charge >= 0.3 is 0 Å². The standard InChI is InChI=1S/C36H26N2/c1-3-11-24(12-4-1)26-21-27(25-13-5-2-6-14-25)23-28(22-26)38-34-18-10-8-15-29(34)30-19-20-33-35(36(30)38)31-16-7-9-17-32(31)37-33/h1-23,33,35,37H. The summed E-state index contributed by atoms with van der Waals surface area (Å²) in [6.07, 6.45) is 4.67. The molecule has 2 unspecified atom stereocenters. The van der Waals surface area contributed by atoms with E-state index >= 15 is 0 Å². The SMILES string of the molecule is C1=CC2Nc3ccccc3C2c2c1c1ccccc1n2-c1cc(-c2ccccc2)cc(-c2ccccc2)c1. The summed E-state index contributed by atoms with van der Waals surface area (Å²) in [5.74, 6) is 0.249.